The summed E-state index contributed by atoms with van der Waals surface area (Å²) in [6.07, 6.45) is 1.84. The Labute approximate surface area is 288 Å². The Kier molecular flexibility index (Phi) is 11.2. The van der Waals surface area contributed by atoms with Crippen molar-refractivity contribution in [3.8, 4) is 11.5 Å². The van der Waals surface area contributed by atoms with Crippen molar-refractivity contribution in [3.63, 3.8) is 0 Å². The van der Waals surface area contributed by atoms with Crippen molar-refractivity contribution in [2.24, 2.45) is 0 Å². The predicted octanol–water partition coefficient (Wildman–Crippen LogP) is 11.2. The van der Waals surface area contributed by atoms with Crippen LogP contribution in [0.25, 0.3) is 0 Å². The highest BCUT2D eigenvalue weighted by molar-refractivity contribution is 5.48. The van der Waals surface area contributed by atoms with Crippen molar-refractivity contribution < 1.29 is 9.47 Å². The third kappa shape index (κ3) is 8.44. The molecular formula is C46H48O2. The molecule has 0 amide bonds. The Morgan fingerprint density at radius 3 is 1.42 bits per heavy atom. The monoisotopic (exact) mass is 632 g/mol. The van der Waals surface area contributed by atoms with Gasteiger partial charge in [0.25, 0.3) is 0 Å². The highest BCUT2D eigenvalue weighted by Crippen LogP contribution is 2.38. The van der Waals surface area contributed by atoms with Crippen molar-refractivity contribution in [3.05, 3.63) is 202 Å². The highest BCUT2D eigenvalue weighted by atomic mass is 16.5. The third-order valence-electron chi connectivity index (χ3n) is 9.40. The molecule has 0 fully saturated rings. The van der Waals surface area contributed by atoms with E-state index in [-0.39, 0.29) is 10.8 Å². The van der Waals surface area contributed by atoms with Crippen LogP contribution in [-0.2, 0) is 23.7 Å². The number of hydrogen-bond acceptors (Lipinski definition) is 2. The van der Waals surface area contributed by atoms with Gasteiger partial charge in [-0.3, -0.25) is 0 Å². The van der Waals surface area contributed by atoms with E-state index in [1.54, 1.807) is 14.2 Å². The molecule has 0 saturated heterocycles. The van der Waals surface area contributed by atoms with E-state index in [1.807, 2.05) is 12.1 Å². The molecule has 0 saturated carbocycles. The number of rotatable bonds is 10. The first kappa shape index (κ1) is 34.3. The van der Waals surface area contributed by atoms with E-state index in [2.05, 4.69) is 173 Å². The lowest BCUT2D eigenvalue weighted by atomic mass is 9.77. The molecule has 0 radical (unpaired) electrons. The average Bonchev–Trinajstić information content (AvgIpc) is 3.13. The predicted molar refractivity (Wildman–Crippen MR) is 202 cm³/mol. The number of methoxy groups -OCH3 is 2. The van der Waals surface area contributed by atoms with Crippen molar-refractivity contribution in [2.75, 3.05) is 14.2 Å². The quantitative estimate of drug-likeness (QED) is 0.150. The second kappa shape index (κ2) is 15.7. The minimum absolute atomic E-state index is 0.00968. The SMILES string of the molecule is COc1cc(Cc2ccccc2)ccc1C(C)(C)c1ccccc1.COc1cccc(Cc2ccc(C(C)(C)c3ccccc3)cc2)c1. The lowest BCUT2D eigenvalue weighted by molar-refractivity contribution is 0.400. The molecule has 6 aromatic carbocycles. The fourth-order valence-electron chi connectivity index (χ4n) is 6.28. The van der Waals surface area contributed by atoms with E-state index in [1.165, 1.54) is 44.5 Å². The van der Waals surface area contributed by atoms with Crippen molar-refractivity contribution in [1.29, 1.82) is 0 Å². The molecule has 0 N–H and O–H groups in total. The van der Waals surface area contributed by atoms with Crippen LogP contribution in [0.2, 0.25) is 0 Å². The van der Waals surface area contributed by atoms with Crippen molar-refractivity contribution in [2.45, 2.75) is 51.4 Å². The minimum atomic E-state index is -0.0993. The molecule has 244 valence electrons. The van der Waals surface area contributed by atoms with Gasteiger partial charge in [-0.15, -0.1) is 0 Å². The molecule has 2 nitrogen and oxygen atoms in total. The average molecular weight is 633 g/mol. The fourth-order valence-corrected chi connectivity index (χ4v) is 6.28. The van der Waals surface area contributed by atoms with Crippen LogP contribution in [-0.4, -0.2) is 14.2 Å². The van der Waals surface area contributed by atoms with Crippen LogP contribution in [0.5, 0.6) is 11.5 Å². The van der Waals surface area contributed by atoms with Crippen LogP contribution < -0.4 is 9.47 Å². The molecule has 0 spiro atoms. The van der Waals surface area contributed by atoms with E-state index in [0.717, 1.165) is 24.3 Å². The zero-order valence-electron chi connectivity index (χ0n) is 29.2. The summed E-state index contributed by atoms with van der Waals surface area (Å²) in [5.41, 5.74) is 10.3. The Morgan fingerprint density at radius 2 is 0.854 bits per heavy atom. The maximum atomic E-state index is 5.73. The molecular weight excluding hydrogens is 585 g/mol. The second-order valence-corrected chi connectivity index (χ2v) is 13.4. The van der Waals surface area contributed by atoms with E-state index in [0.29, 0.717) is 0 Å². The van der Waals surface area contributed by atoms with Gasteiger partial charge < -0.3 is 9.47 Å². The first-order valence-corrected chi connectivity index (χ1v) is 16.8. The molecule has 0 unspecified atom stereocenters. The summed E-state index contributed by atoms with van der Waals surface area (Å²) in [7, 11) is 3.46. The van der Waals surface area contributed by atoms with E-state index in [4.69, 9.17) is 9.47 Å². The summed E-state index contributed by atoms with van der Waals surface area (Å²) in [5.74, 6) is 1.87. The van der Waals surface area contributed by atoms with Gasteiger partial charge in [-0.05, 0) is 70.0 Å². The van der Waals surface area contributed by atoms with Crippen LogP contribution in [0.3, 0.4) is 0 Å². The lowest BCUT2D eigenvalue weighted by Crippen LogP contribution is -2.20. The summed E-state index contributed by atoms with van der Waals surface area (Å²) in [4.78, 5) is 0. The second-order valence-electron chi connectivity index (χ2n) is 13.4. The van der Waals surface area contributed by atoms with Gasteiger partial charge in [0.05, 0.1) is 14.2 Å². The molecule has 0 aliphatic heterocycles. The molecule has 2 heteroatoms. The Hall–Kier alpha value is -5.08. The summed E-state index contributed by atoms with van der Waals surface area (Å²) in [5, 5.41) is 0. The fraction of sp³-hybridized carbons (Fsp3) is 0.217. The maximum absolute atomic E-state index is 5.73. The first-order chi connectivity index (χ1) is 23.2. The van der Waals surface area contributed by atoms with Crippen molar-refractivity contribution in [1.82, 2.24) is 0 Å². The van der Waals surface area contributed by atoms with Gasteiger partial charge in [0.2, 0.25) is 0 Å². The summed E-state index contributed by atoms with van der Waals surface area (Å²) >= 11 is 0. The molecule has 0 aliphatic rings. The molecule has 0 aromatic heterocycles. The molecule has 0 aliphatic carbocycles. The zero-order chi connectivity index (χ0) is 34.0. The normalized spacial score (nSPS) is 11.3. The smallest absolute Gasteiger partial charge is 0.123 e. The summed E-state index contributed by atoms with van der Waals surface area (Å²) in [6.45, 7) is 9.05. The molecule has 6 aromatic rings. The molecule has 0 bridgehead atoms. The van der Waals surface area contributed by atoms with Crippen molar-refractivity contribution >= 4 is 0 Å². The zero-order valence-corrected chi connectivity index (χ0v) is 29.2. The van der Waals surface area contributed by atoms with Gasteiger partial charge >= 0.3 is 0 Å². The van der Waals surface area contributed by atoms with E-state index >= 15 is 0 Å². The lowest BCUT2D eigenvalue weighted by Gasteiger charge is -2.28. The number of hydrogen-bond donors (Lipinski definition) is 0. The molecule has 0 atom stereocenters. The number of benzene rings is 6. The van der Waals surface area contributed by atoms with Gasteiger partial charge in [0.15, 0.2) is 0 Å². The van der Waals surface area contributed by atoms with Gasteiger partial charge in [-0.1, -0.05) is 167 Å². The van der Waals surface area contributed by atoms with E-state index in [9.17, 15) is 0 Å². The Morgan fingerprint density at radius 1 is 0.396 bits per heavy atom. The minimum Gasteiger partial charge on any atom is -0.497 e. The van der Waals surface area contributed by atoms with Gasteiger partial charge in [0.1, 0.15) is 11.5 Å². The first-order valence-electron chi connectivity index (χ1n) is 16.8. The molecule has 48 heavy (non-hydrogen) atoms. The summed E-state index contributed by atoms with van der Waals surface area (Å²) in [6, 6.07) is 55.7. The van der Waals surface area contributed by atoms with Gasteiger partial charge in [0, 0.05) is 16.4 Å². The van der Waals surface area contributed by atoms with Crippen LogP contribution in [0.15, 0.2) is 158 Å². The highest BCUT2D eigenvalue weighted by Gasteiger charge is 2.26. The third-order valence-corrected chi connectivity index (χ3v) is 9.40. The Balaban J connectivity index is 0.000000188. The van der Waals surface area contributed by atoms with E-state index < -0.39 is 0 Å². The topological polar surface area (TPSA) is 18.5 Å². The standard InChI is InChI=1S/2C23H24O/c1-23(2,20-12-8-5-9-13-20)21-15-14-19(17-22(21)24-3)16-18-10-6-4-7-11-18;1-23(2,20-9-5-4-6-10-20)21-14-12-18(13-15-21)16-19-8-7-11-22(17-19)24-3/h2*4-15,17H,16H2,1-3H3. The van der Waals surface area contributed by atoms with Crippen LogP contribution >= 0.6 is 0 Å². The van der Waals surface area contributed by atoms with Gasteiger partial charge in [-0.2, -0.15) is 0 Å². The maximum Gasteiger partial charge on any atom is 0.123 e. The number of ether oxygens (including phenoxy) is 2. The largest absolute Gasteiger partial charge is 0.497 e. The van der Waals surface area contributed by atoms with Crippen LogP contribution in [0.1, 0.15) is 72.2 Å². The summed E-state index contributed by atoms with van der Waals surface area (Å²) < 4.78 is 11.0. The molecule has 0 heterocycles. The van der Waals surface area contributed by atoms with Crippen LogP contribution in [0, 0.1) is 0 Å². The van der Waals surface area contributed by atoms with Crippen LogP contribution in [0.4, 0.5) is 0 Å². The van der Waals surface area contributed by atoms with Gasteiger partial charge in [-0.25, -0.2) is 0 Å². The molecule has 6 rings (SSSR count). The Bertz CT molecular complexity index is 1860.